The number of nitrogens with zero attached hydrogens (tertiary/aromatic N) is 1. The van der Waals surface area contributed by atoms with Gasteiger partial charge in [0.05, 0.1) is 21.4 Å². The van der Waals surface area contributed by atoms with Crippen LogP contribution in [-0.2, 0) is 14.9 Å². The van der Waals surface area contributed by atoms with Gasteiger partial charge in [0.1, 0.15) is 11.3 Å². The van der Waals surface area contributed by atoms with E-state index >= 15 is 0 Å². The van der Waals surface area contributed by atoms with Crippen LogP contribution in [0.4, 0.5) is 5.69 Å². The van der Waals surface area contributed by atoms with E-state index in [0.29, 0.717) is 17.3 Å². The van der Waals surface area contributed by atoms with E-state index in [2.05, 4.69) is 0 Å². The molecule has 0 atom stereocenters. The first-order valence-corrected chi connectivity index (χ1v) is 10.7. The minimum absolute atomic E-state index is 0.0891. The normalized spacial score (nSPS) is 18.2. The van der Waals surface area contributed by atoms with Crippen LogP contribution in [0.5, 0.6) is 11.5 Å². The van der Waals surface area contributed by atoms with E-state index in [0.717, 1.165) is 0 Å². The summed E-state index contributed by atoms with van der Waals surface area (Å²) in [5.41, 5.74) is 0.825. The van der Waals surface area contributed by atoms with E-state index in [1.807, 2.05) is 0 Å². The van der Waals surface area contributed by atoms with E-state index in [-0.39, 0.29) is 29.9 Å². The quantitative estimate of drug-likeness (QED) is 0.235. The van der Waals surface area contributed by atoms with Crippen molar-refractivity contribution in [3.05, 3.63) is 77.7 Å². The van der Waals surface area contributed by atoms with Crippen molar-refractivity contribution in [2.75, 3.05) is 17.2 Å². The topological polar surface area (TPSA) is 113 Å². The third kappa shape index (κ3) is 3.98. The van der Waals surface area contributed by atoms with Crippen molar-refractivity contribution in [1.82, 2.24) is 0 Å². The lowest BCUT2D eigenvalue weighted by Crippen LogP contribution is -2.25. The van der Waals surface area contributed by atoms with Crippen LogP contribution in [0.1, 0.15) is 16.8 Å². The number of ether oxygens (including phenoxy) is 2. The fourth-order valence-corrected chi connectivity index (χ4v) is 3.72. The molecule has 154 valence electrons. The zero-order valence-corrected chi connectivity index (χ0v) is 16.4. The van der Waals surface area contributed by atoms with Crippen LogP contribution in [-0.4, -0.2) is 37.0 Å². The summed E-state index contributed by atoms with van der Waals surface area (Å²) in [6, 6.07) is 13.5. The van der Waals surface area contributed by atoms with Crippen molar-refractivity contribution in [3.63, 3.8) is 0 Å². The van der Waals surface area contributed by atoms with Crippen LogP contribution < -0.4 is 14.4 Å². The molecule has 0 N–H and O–H groups in total. The Morgan fingerprint density at radius 1 is 0.933 bits per heavy atom. The van der Waals surface area contributed by atoms with Gasteiger partial charge in [0.2, 0.25) is 11.7 Å². The van der Waals surface area contributed by atoms with Gasteiger partial charge in [-0.05, 0) is 42.8 Å². The summed E-state index contributed by atoms with van der Waals surface area (Å²) in [5.74, 6) is -0.696. The second-order valence-electron chi connectivity index (χ2n) is 6.64. The van der Waals surface area contributed by atoms with Gasteiger partial charge in [-0.15, -0.1) is 0 Å². The molecule has 4 rings (SSSR count). The monoisotopic (exact) mass is 426 g/mol. The summed E-state index contributed by atoms with van der Waals surface area (Å²) < 4.78 is 43.7. The van der Waals surface area contributed by atoms with Crippen molar-refractivity contribution < 1.29 is 32.0 Å². The van der Waals surface area contributed by atoms with Gasteiger partial charge in [-0.3, -0.25) is 4.79 Å². The highest BCUT2D eigenvalue weighted by Gasteiger charge is 2.31. The van der Waals surface area contributed by atoms with E-state index in [9.17, 15) is 22.6 Å². The molecule has 0 fully saturated rings. The molecule has 0 amide bonds. The maximum Gasteiger partial charge on any atom is 0.347 e. The smallest absolute Gasteiger partial charge is 0.347 e. The van der Waals surface area contributed by atoms with Gasteiger partial charge in [-0.2, -0.15) is 0 Å². The lowest BCUT2D eigenvalue weighted by Gasteiger charge is -2.19. The molecular weight excluding hydrogens is 410 g/mol. The summed E-state index contributed by atoms with van der Waals surface area (Å²) in [4.78, 5) is 26.6. The Balaban J connectivity index is 1.63. The molecule has 0 spiro atoms. The van der Waals surface area contributed by atoms with Crippen LogP contribution >= 0.6 is 0 Å². The van der Waals surface area contributed by atoms with Crippen LogP contribution in [0, 0.1) is 0 Å². The SMILES string of the molecule is O=C1Oc2ccccc2C(=O)/C1=C/C=C1\Oc2ccccc2N1CCCS(=O)(=O)[O-]. The minimum Gasteiger partial charge on any atom is -0.748 e. The summed E-state index contributed by atoms with van der Waals surface area (Å²) in [6.45, 7) is 0.203. The Morgan fingerprint density at radius 2 is 1.63 bits per heavy atom. The molecule has 30 heavy (non-hydrogen) atoms. The predicted octanol–water partition coefficient (Wildman–Crippen LogP) is 2.39. The number of carbonyl (C=O) groups excluding carboxylic acids is 2. The zero-order valence-electron chi connectivity index (χ0n) is 15.6. The third-order valence-corrected chi connectivity index (χ3v) is 5.39. The number of esters is 1. The maximum absolute atomic E-state index is 12.7. The minimum atomic E-state index is -4.34. The molecule has 2 aromatic rings. The van der Waals surface area contributed by atoms with Gasteiger partial charge in [0, 0.05) is 12.3 Å². The molecule has 0 bridgehead atoms. The summed E-state index contributed by atoms with van der Waals surface area (Å²) in [7, 11) is -4.34. The molecule has 2 aliphatic rings. The third-order valence-electron chi connectivity index (χ3n) is 4.60. The Labute approximate surface area is 172 Å². The van der Waals surface area contributed by atoms with Gasteiger partial charge in [-0.25, -0.2) is 13.2 Å². The fraction of sp³-hybridized carbons (Fsp3) is 0.143. The number of hydrogen-bond donors (Lipinski definition) is 0. The molecule has 0 aliphatic carbocycles. The van der Waals surface area contributed by atoms with Crippen LogP contribution in [0.3, 0.4) is 0 Å². The highest BCUT2D eigenvalue weighted by Crippen LogP contribution is 2.39. The number of Topliss-reactive ketones (excluding diaryl/α,β-unsaturated/α-hetero) is 1. The Hall–Kier alpha value is -3.43. The van der Waals surface area contributed by atoms with E-state index in [4.69, 9.17) is 9.47 Å². The molecule has 0 saturated heterocycles. The largest absolute Gasteiger partial charge is 0.748 e. The molecule has 2 heterocycles. The summed E-state index contributed by atoms with van der Waals surface area (Å²) >= 11 is 0. The van der Waals surface area contributed by atoms with Crippen molar-refractivity contribution >= 4 is 27.6 Å². The van der Waals surface area contributed by atoms with Crippen molar-refractivity contribution in [2.24, 2.45) is 0 Å². The molecule has 0 saturated carbocycles. The number of carbonyl (C=O) groups is 2. The average molecular weight is 426 g/mol. The fourth-order valence-electron chi connectivity index (χ4n) is 3.24. The average Bonchev–Trinajstić information content (AvgIpc) is 3.04. The van der Waals surface area contributed by atoms with Crippen LogP contribution in [0.25, 0.3) is 0 Å². The molecule has 2 aliphatic heterocycles. The Bertz CT molecular complexity index is 1200. The summed E-state index contributed by atoms with van der Waals surface area (Å²) in [6.07, 6.45) is 2.86. The van der Waals surface area contributed by atoms with Gasteiger partial charge in [0.25, 0.3) is 0 Å². The predicted molar refractivity (Wildman–Crippen MR) is 106 cm³/mol. The maximum atomic E-state index is 12.7. The second-order valence-corrected chi connectivity index (χ2v) is 8.16. The van der Waals surface area contributed by atoms with Gasteiger partial charge in [-0.1, -0.05) is 24.3 Å². The number of allylic oxidation sites excluding steroid dienone is 2. The number of rotatable bonds is 5. The Kier molecular flexibility index (Phi) is 5.15. The number of para-hydroxylation sites is 3. The Morgan fingerprint density at radius 3 is 2.40 bits per heavy atom. The van der Waals surface area contributed by atoms with E-state index in [1.165, 1.54) is 12.2 Å². The zero-order chi connectivity index (χ0) is 21.3. The van der Waals surface area contributed by atoms with E-state index < -0.39 is 27.6 Å². The number of fused-ring (bicyclic) bond motifs is 2. The highest BCUT2D eigenvalue weighted by atomic mass is 32.2. The van der Waals surface area contributed by atoms with Crippen molar-refractivity contribution in [1.29, 1.82) is 0 Å². The molecular formula is C21H16NO7S-. The first-order valence-electron chi connectivity index (χ1n) is 9.09. The summed E-state index contributed by atoms with van der Waals surface area (Å²) in [5, 5.41) is 0. The molecule has 0 unspecified atom stereocenters. The van der Waals surface area contributed by atoms with Crippen LogP contribution in [0.15, 0.2) is 72.1 Å². The molecule has 9 heteroatoms. The first-order chi connectivity index (χ1) is 14.3. The lowest BCUT2D eigenvalue weighted by atomic mass is 9.99. The van der Waals surface area contributed by atoms with Crippen molar-refractivity contribution in [3.8, 4) is 11.5 Å². The molecule has 0 radical (unpaired) electrons. The van der Waals surface area contributed by atoms with Crippen molar-refractivity contribution in [2.45, 2.75) is 6.42 Å². The number of anilines is 1. The van der Waals surface area contributed by atoms with Gasteiger partial charge < -0.3 is 18.9 Å². The number of ketones is 1. The molecule has 0 aromatic heterocycles. The van der Waals surface area contributed by atoms with Gasteiger partial charge >= 0.3 is 5.97 Å². The lowest BCUT2D eigenvalue weighted by molar-refractivity contribution is -0.130. The standard InChI is InChI=1S/C21H17NO7S/c23-20-14-6-1-3-8-17(14)29-21(24)15(20)10-11-19-22(12-5-13-30(25,26)27)16-7-2-4-9-18(16)28-19/h1-4,6-11H,5,12-13H2,(H,25,26,27)/p-1/b15-10-,19-11-. The first kappa shape index (κ1) is 19.9. The van der Waals surface area contributed by atoms with Gasteiger partial charge in [0.15, 0.2) is 5.75 Å². The molecule has 2 aromatic carbocycles. The van der Waals surface area contributed by atoms with E-state index in [1.54, 1.807) is 53.4 Å². The second kappa shape index (κ2) is 7.77. The highest BCUT2D eigenvalue weighted by molar-refractivity contribution is 7.85. The van der Waals surface area contributed by atoms with Crippen LogP contribution in [0.2, 0.25) is 0 Å². The number of benzene rings is 2. The molecule has 8 nitrogen and oxygen atoms in total. The number of hydrogen-bond acceptors (Lipinski definition) is 8.